The number of hydrogen-bond acceptors (Lipinski definition) is 3. The number of anilines is 1. The maximum Gasteiger partial charge on any atom is 0.239 e. The summed E-state index contributed by atoms with van der Waals surface area (Å²) in [6.07, 6.45) is 1.05. The van der Waals surface area contributed by atoms with E-state index < -0.39 is 0 Å². The third kappa shape index (κ3) is 4.94. The topological polar surface area (TPSA) is 50.4 Å². The van der Waals surface area contributed by atoms with E-state index in [0.717, 1.165) is 31.9 Å². The van der Waals surface area contributed by atoms with Crippen molar-refractivity contribution < 1.29 is 9.53 Å². The number of rotatable bonds is 5. The summed E-state index contributed by atoms with van der Waals surface area (Å²) in [7, 11) is 0. The Morgan fingerprint density at radius 2 is 2.11 bits per heavy atom. The van der Waals surface area contributed by atoms with Gasteiger partial charge in [-0.2, -0.15) is 0 Å². The molecule has 0 saturated carbocycles. The van der Waals surface area contributed by atoms with E-state index in [1.165, 1.54) is 0 Å². The molecule has 0 radical (unpaired) electrons. The normalized spacial score (nSPS) is 17.9. The third-order valence-electron chi connectivity index (χ3n) is 2.84. The van der Waals surface area contributed by atoms with Gasteiger partial charge in [0.25, 0.3) is 0 Å². The molecule has 0 spiro atoms. The van der Waals surface area contributed by atoms with Crippen molar-refractivity contribution >= 4 is 24.0 Å². The molecule has 1 aliphatic heterocycles. The first kappa shape index (κ1) is 14.8. The Morgan fingerprint density at radius 1 is 1.33 bits per heavy atom. The van der Waals surface area contributed by atoms with Crippen molar-refractivity contribution in [3.63, 3.8) is 0 Å². The smallest absolute Gasteiger partial charge is 0.239 e. The summed E-state index contributed by atoms with van der Waals surface area (Å²) >= 11 is 0. The van der Waals surface area contributed by atoms with Crippen molar-refractivity contribution in [2.24, 2.45) is 5.92 Å². The lowest BCUT2D eigenvalue weighted by molar-refractivity contribution is -0.119. The number of benzene rings is 1. The van der Waals surface area contributed by atoms with Crippen LogP contribution in [0.3, 0.4) is 0 Å². The minimum Gasteiger partial charge on any atom is -0.381 e. The second-order valence-corrected chi connectivity index (χ2v) is 4.25. The molecule has 1 amide bonds. The van der Waals surface area contributed by atoms with E-state index in [2.05, 4.69) is 10.6 Å². The zero-order valence-electron chi connectivity index (χ0n) is 10.2. The van der Waals surface area contributed by atoms with Gasteiger partial charge in [0.15, 0.2) is 0 Å². The van der Waals surface area contributed by atoms with E-state index in [1.807, 2.05) is 30.3 Å². The van der Waals surface area contributed by atoms with Crippen LogP contribution in [0.4, 0.5) is 5.69 Å². The fraction of sp³-hybridized carbons (Fsp3) is 0.462. The van der Waals surface area contributed by atoms with Crippen LogP contribution in [0.25, 0.3) is 0 Å². The molecule has 1 aromatic carbocycles. The molecule has 5 heteroatoms. The quantitative estimate of drug-likeness (QED) is 0.856. The van der Waals surface area contributed by atoms with Crippen molar-refractivity contribution in [3.05, 3.63) is 30.3 Å². The van der Waals surface area contributed by atoms with Crippen LogP contribution < -0.4 is 10.6 Å². The van der Waals surface area contributed by atoms with Gasteiger partial charge in [-0.3, -0.25) is 4.79 Å². The van der Waals surface area contributed by atoms with Gasteiger partial charge in [0.2, 0.25) is 5.91 Å². The zero-order chi connectivity index (χ0) is 11.9. The number of para-hydroxylation sites is 1. The van der Waals surface area contributed by atoms with Crippen LogP contribution >= 0.6 is 12.4 Å². The van der Waals surface area contributed by atoms with Gasteiger partial charge in [0.1, 0.15) is 0 Å². The minimum atomic E-state index is 0. The van der Waals surface area contributed by atoms with Crippen LogP contribution in [0.15, 0.2) is 30.3 Å². The van der Waals surface area contributed by atoms with Gasteiger partial charge in [-0.25, -0.2) is 0 Å². The molecule has 1 unspecified atom stereocenters. The molecule has 0 bridgehead atoms. The number of carbonyl (C=O) groups is 1. The van der Waals surface area contributed by atoms with Crippen LogP contribution in [0.5, 0.6) is 0 Å². The molecule has 1 atom stereocenters. The number of halogens is 1. The summed E-state index contributed by atoms with van der Waals surface area (Å²) in [5.41, 5.74) is 0.965. The van der Waals surface area contributed by atoms with Gasteiger partial charge < -0.3 is 15.4 Å². The number of amides is 1. The summed E-state index contributed by atoms with van der Waals surface area (Å²) in [4.78, 5) is 11.6. The van der Waals surface area contributed by atoms with Gasteiger partial charge in [0, 0.05) is 24.8 Å². The molecule has 100 valence electrons. The van der Waals surface area contributed by atoms with E-state index in [-0.39, 0.29) is 18.3 Å². The van der Waals surface area contributed by atoms with E-state index >= 15 is 0 Å². The largest absolute Gasteiger partial charge is 0.381 e. The Labute approximate surface area is 114 Å². The third-order valence-corrected chi connectivity index (χ3v) is 2.84. The van der Waals surface area contributed by atoms with E-state index in [4.69, 9.17) is 4.74 Å². The molecule has 4 nitrogen and oxygen atoms in total. The number of carbonyl (C=O) groups excluding carboxylic acids is 1. The fourth-order valence-electron chi connectivity index (χ4n) is 1.80. The SMILES string of the molecule is Cl.O=C(CNc1ccccc1)NCC1CCOC1. The van der Waals surface area contributed by atoms with Crippen LogP contribution in [0, 0.1) is 5.92 Å². The van der Waals surface area contributed by atoms with Crippen molar-refractivity contribution in [2.45, 2.75) is 6.42 Å². The lowest BCUT2D eigenvalue weighted by Crippen LogP contribution is -2.33. The summed E-state index contributed by atoms with van der Waals surface area (Å²) in [6, 6.07) is 9.72. The molecular weight excluding hydrogens is 252 g/mol. The van der Waals surface area contributed by atoms with E-state index in [0.29, 0.717) is 12.5 Å². The molecule has 1 heterocycles. The highest BCUT2D eigenvalue weighted by Crippen LogP contribution is 2.10. The highest BCUT2D eigenvalue weighted by Gasteiger charge is 2.15. The predicted molar refractivity (Wildman–Crippen MR) is 74.1 cm³/mol. The van der Waals surface area contributed by atoms with Crippen molar-refractivity contribution in [3.8, 4) is 0 Å². The van der Waals surface area contributed by atoms with Crippen LogP contribution in [-0.2, 0) is 9.53 Å². The summed E-state index contributed by atoms with van der Waals surface area (Å²) in [6.45, 7) is 2.63. The van der Waals surface area contributed by atoms with Crippen molar-refractivity contribution in [1.29, 1.82) is 0 Å². The zero-order valence-corrected chi connectivity index (χ0v) is 11.0. The minimum absolute atomic E-state index is 0. The standard InChI is InChI=1S/C13H18N2O2.ClH/c16-13(15-8-11-6-7-17-10-11)9-14-12-4-2-1-3-5-12;/h1-5,11,14H,6-10H2,(H,15,16);1H. The average molecular weight is 271 g/mol. The molecule has 2 rings (SSSR count). The highest BCUT2D eigenvalue weighted by molar-refractivity contribution is 5.85. The predicted octanol–water partition coefficient (Wildman–Crippen LogP) is 1.67. The second-order valence-electron chi connectivity index (χ2n) is 4.25. The molecule has 1 saturated heterocycles. The molecule has 2 N–H and O–H groups in total. The Hall–Kier alpha value is -1.26. The lowest BCUT2D eigenvalue weighted by Gasteiger charge is -2.10. The van der Waals surface area contributed by atoms with Gasteiger partial charge in [-0.1, -0.05) is 18.2 Å². The molecule has 0 aromatic heterocycles. The van der Waals surface area contributed by atoms with E-state index in [1.54, 1.807) is 0 Å². The fourth-order valence-corrected chi connectivity index (χ4v) is 1.80. The second kappa shape index (κ2) is 7.95. The number of nitrogens with one attached hydrogen (secondary N) is 2. The number of ether oxygens (including phenoxy) is 1. The summed E-state index contributed by atoms with van der Waals surface area (Å²) < 4.78 is 5.25. The highest BCUT2D eigenvalue weighted by atomic mass is 35.5. The Bertz CT molecular complexity index is 353. The van der Waals surface area contributed by atoms with Crippen molar-refractivity contribution in [1.82, 2.24) is 5.32 Å². The first-order chi connectivity index (χ1) is 8.34. The number of hydrogen-bond donors (Lipinski definition) is 2. The maximum atomic E-state index is 11.6. The van der Waals surface area contributed by atoms with Crippen molar-refractivity contribution in [2.75, 3.05) is 31.6 Å². The summed E-state index contributed by atoms with van der Waals surface area (Å²) in [5.74, 6) is 0.511. The average Bonchev–Trinajstić information content (AvgIpc) is 2.88. The Balaban J connectivity index is 0.00000162. The molecule has 18 heavy (non-hydrogen) atoms. The Kier molecular flexibility index (Phi) is 6.54. The van der Waals surface area contributed by atoms with Crippen LogP contribution in [0.1, 0.15) is 6.42 Å². The lowest BCUT2D eigenvalue weighted by atomic mass is 10.1. The monoisotopic (exact) mass is 270 g/mol. The maximum absolute atomic E-state index is 11.6. The molecule has 0 aliphatic carbocycles. The van der Waals surface area contributed by atoms with Crippen LogP contribution in [-0.4, -0.2) is 32.2 Å². The van der Waals surface area contributed by atoms with Gasteiger partial charge >= 0.3 is 0 Å². The Morgan fingerprint density at radius 3 is 2.78 bits per heavy atom. The van der Waals surface area contributed by atoms with Gasteiger partial charge in [-0.15, -0.1) is 12.4 Å². The van der Waals surface area contributed by atoms with Gasteiger partial charge in [-0.05, 0) is 18.6 Å². The molecular formula is C13H19ClN2O2. The summed E-state index contributed by atoms with van der Waals surface area (Å²) in [5, 5.41) is 5.99. The molecule has 1 aliphatic rings. The first-order valence-electron chi connectivity index (χ1n) is 5.98. The first-order valence-corrected chi connectivity index (χ1v) is 5.98. The van der Waals surface area contributed by atoms with Gasteiger partial charge in [0.05, 0.1) is 13.2 Å². The van der Waals surface area contributed by atoms with Crippen LogP contribution in [0.2, 0.25) is 0 Å². The van der Waals surface area contributed by atoms with E-state index in [9.17, 15) is 4.79 Å². The molecule has 1 fully saturated rings. The molecule has 1 aromatic rings.